The first kappa shape index (κ1) is 18.5. The van der Waals surface area contributed by atoms with Crippen molar-refractivity contribution >= 4 is 22.6 Å². The van der Waals surface area contributed by atoms with Crippen LogP contribution in [-0.4, -0.2) is 51.5 Å². The Bertz CT molecular complexity index is 991. The average molecular weight is 374 g/mol. The van der Waals surface area contributed by atoms with Gasteiger partial charge in [-0.05, 0) is 69.1 Å². The maximum Gasteiger partial charge on any atom is 0.222 e. The molecule has 0 atom stereocenters. The fourth-order valence-electron chi connectivity index (χ4n) is 3.66. The molecule has 6 heteroatoms. The van der Waals surface area contributed by atoms with Crippen molar-refractivity contribution in [2.45, 2.75) is 19.8 Å². The molecular weight excluding hydrogens is 348 g/mol. The van der Waals surface area contributed by atoms with E-state index < -0.39 is 0 Å². The summed E-state index contributed by atoms with van der Waals surface area (Å²) in [7, 11) is 2.18. The average Bonchev–Trinajstić information content (AvgIpc) is 2.72. The van der Waals surface area contributed by atoms with E-state index in [-0.39, 0.29) is 0 Å². The third-order valence-electron chi connectivity index (χ3n) is 5.51. The van der Waals surface area contributed by atoms with E-state index in [0.717, 1.165) is 40.0 Å². The molecule has 6 nitrogen and oxygen atoms in total. The van der Waals surface area contributed by atoms with Gasteiger partial charge in [-0.1, -0.05) is 12.6 Å². The Hall–Kier alpha value is -2.86. The monoisotopic (exact) mass is 374 g/mol. The molecule has 0 radical (unpaired) electrons. The third-order valence-corrected chi connectivity index (χ3v) is 5.51. The van der Waals surface area contributed by atoms with E-state index in [9.17, 15) is 0 Å². The van der Waals surface area contributed by atoms with E-state index in [1.807, 2.05) is 31.3 Å². The summed E-state index contributed by atoms with van der Waals surface area (Å²) in [6, 6.07) is 6.00. The van der Waals surface area contributed by atoms with E-state index in [2.05, 4.69) is 43.8 Å². The van der Waals surface area contributed by atoms with Gasteiger partial charge in [-0.15, -0.1) is 0 Å². The Morgan fingerprint density at radius 3 is 2.64 bits per heavy atom. The first-order valence-corrected chi connectivity index (χ1v) is 9.76. The molecule has 2 aromatic heterocycles. The summed E-state index contributed by atoms with van der Waals surface area (Å²) in [4.78, 5) is 20.3. The van der Waals surface area contributed by atoms with Crippen LogP contribution in [0, 0.1) is 12.8 Å². The van der Waals surface area contributed by atoms with Gasteiger partial charge in [-0.2, -0.15) is 0 Å². The smallest absolute Gasteiger partial charge is 0.222 e. The molecule has 1 aromatic carbocycles. The van der Waals surface area contributed by atoms with E-state index >= 15 is 0 Å². The van der Waals surface area contributed by atoms with E-state index in [1.54, 1.807) is 12.4 Å². The summed E-state index contributed by atoms with van der Waals surface area (Å²) in [6.45, 7) is 9.53. The second-order valence-electron chi connectivity index (χ2n) is 7.56. The van der Waals surface area contributed by atoms with Crippen LogP contribution in [0.5, 0.6) is 0 Å². The Kier molecular flexibility index (Phi) is 5.30. The minimum absolute atomic E-state index is 0.688. The second-order valence-corrected chi connectivity index (χ2v) is 7.56. The summed E-state index contributed by atoms with van der Waals surface area (Å²) >= 11 is 0. The van der Waals surface area contributed by atoms with Crippen LogP contribution in [0.1, 0.15) is 29.7 Å². The zero-order valence-corrected chi connectivity index (χ0v) is 16.5. The van der Waals surface area contributed by atoms with E-state index in [1.165, 1.54) is 25.9 Å². The van der Waals surface area contributed by atoms with Crippen LogP contribution in [0.25, 0.3) is 16.6 Å². The molecule has 0 spiro atoms. The predicted molar refractivity (Wildman–Crippen MR) is 113 cm³/mol. The summed E-state index contributed by atoms with van der Waals surface area (Å²) in [5.74, 6) is 1.38. The molecule has 3 aromatic rings. The molecule has 3 heterocycles. The third kappa shape index (κ3) is 4.02. The number of fused-ring (bicyclic) bond motifs is 1. The highest BCUT2D eigenvalue weighted by atomic mass is 15.1. The minimum atomic E-state index is 0.688. The van der Waals surface area contributed by atoms with Crippen LogP contribution in [0.4, 0.5) is 5.95 Å². The van der Waals surface area contributed by atoms with Gasteiger partial charge in [0.15, 0.2) is 0 Å². The molecule has 1 N–H and O–H groups in total. The molecule has 0 amide bonds. The lowest BCUT2D eigenvalue weighted by atomic mass is 9.97. The van der Waals surface area contributed by atoms with Gasteiger partial charge in [-0.3, -0.25) is 9.97 Å². The van der Waals surface area contributed by atoms with Crippen molar-refractivity contribution < 1.29 is 0 Å². The topological polar surface area (TPSA) is 66.8 Å². The molecule has 1 aliphatic rings. The van der Waals surface area contributed by atoms with Crippen LogP contribution < -0.4 is 5.32 Å². The highest BCUT2D eigenvalue weighted by Gasteiger charge is 2.17. The molecule has 0 bridgehead atoms. The number of rotatable bonds is 5. The van der Waals surface area contributed by atoms with Crippen LogP contribution in [-0.2, 0) is 0 Å². The van der Waals surface area contributed by atoms with E-state index in [4.69, 9.17) is 0 Å². The fraction of sp³-hybridized carbons (Fsp3) is 0.364. The number of aromatic nitrogens is 4. The van der Waals surface area contributed by atoms with Crippen molar-refractivity contribution in [3.05, 3.63) is 60.2 Å². The van der Waals surface area contributed by atoms with Crippen molar-refractivity contribution in [1.82, 2.24) is 24.8 Å². The van der Waals surface area contributed by atoms with Gasteiger partial charge in [0, 0.05) is 30.7 Å². The highest BCUT2D eigenvalue weighted by Crippen LogP contribution is 2.26. The van der Waals surface area contributed by atoms with Gasteiger partial charge in [0.2, 0.25) is 5.95 Å². The summed E-state index contributed by atoms with van der Waals surface area (Å²) < 4.78 is 0. The van der Waals surface area contributed by atoms with Gasteiger partial charge in [-0.25, -0.2) is 9.97 Å². The largest absolute Gasteiger partial charge is 0.354 e. The van der Waals surface area contributed by atoms with Gasteiger partial charge >= 0.3 is 0 Å². The van der Waals surface area contributed by atoms with Crippen LogP contribution in [0.3, 0.4) is 0 Å². The van der Waals surface area contributed by atoms with Gasteiger partial charge in [0.05, 0.1) is 16.7 Å². The number of benzene rings is 1. The van der Waals surface area contributed by atoms with Gasteiger partial charge < -0.3 is 10.2 Å². The van der Waals surface area contributed by atoms with Crippen molar-refractivity contribution in [2.24, 2.45) is 5.92 Å². The normalized spacial score (nSPS) is 15.6. The van der Waals surface area contributed by atoms with Gasteiger partial charge in [0.25, 0.3) is 0 Å². The van der Waals surface area contributed by atoms with Crippen LogP contribution >= 0.6 is 0 Å². The van der Waals surface area contributed by atoms with Crippen molar-refractivity contribution in [3.63, 3.8) is 0 Å². The second kappa shape index (κ2) is 8.02. The lowest BCUT2D eigenvalue weighted by Crippen LogP contribution is -2.33. The van der Waals surface area contributed by atoms with Crippen LogP contribution in [0.2, 0.25) is 0 Å². The predicted octanol–water partition coefficient (Wildman–Crippen LogP) is 3.54. The van der Waals surface area contributed by atoms with E-state index in [0.29, 0.717) is 11.9 Å². The summed E-state index contributed by atoms with van der Waals surface area (Å²) in [5.41, 5.74) is 5.51. The molecule has 0 aliphatic carbocycles. The summed E-state index contributed by atoms with van der Waals surface area (Å²) in [6.07, 6.45) is 7.72. The Labute approximate surface area is 165 Å². The standard InChI is InChI=1S/C22H26N6/c1-15(18-4-5-20-21(12-18)24-9-8-23-20)19-14-26-22(27-16(19)2)25-13-17-6-10-28(3)11-7-17/h4-5,8-9,12,14,17H,1,6-7,10-11,13H2,2-3H3,(H,25,26,27). The van der Waals surface area contributed by atoms with Crippen molar-refractivity contribution in [1.29, 1.82) is 0 Å². The number of anilines is 1. The molecular formula is C22H26N6. The number of nitrogens with one attached hydrogen (secondary N) is 1. The number of aryl methyl sites for hydroxylation is 1. The lowest BCUT2D eigenvalue weighted by Gasteiger charge is -2.28. The minimum Gasteiger partial charge on any atom is -0.354 e. The number of piperidine rings is 1. The highest BCUT2D eigenvalue weighted by molar-refractivity contribution is 5.85. The number of hydrogen-bond acceptors (Lipinski definition) is 6. The molecule has 144 valence electrons. The number of hydrogen-bond donors (Lipinski definition) is 1. The Morgan fingerprint density at radius 1 is 1.14 bits per heavy atom. The maximum atomic E-state index is 4.66. The summed E-state index contributed by atoms with van der Waals surface area (Å²) in [5, 5.41) is 3.41. The zero-order chi connectivity index (χ0) is 19.5. The molecule has 4 rings (SSSR count). The van der Waals surface area contributed by atoms with Crippen LogP contribution in [0.15, 0.2) is 43.4 Å². The Balaban J connectivity index is 1.46. The number of likely N-dealkylation sites (tertiary alicyclic amines) is 1. The zero-order valence-electron chi connectivity index (χ0n) is 16.5. The Morgan fingerprint density at radius 2 is 1.89 bits per heavy atom. The molecule has 1 aliphatic heterocycles. The lowest BCUT2D eigenvalue weighted by molar-refractivity contribution is 0.226. The molecule has 1 saturated heterocycles. The first-order chi connectivity index (χ1) is 13.6. The van der Waals surface area contributed by atoms with Crippen molar-refractivity contribution in [2.75, 3.05) is 32.0 Å². The maximum absolute atomic E-state index is 4.66. The SMILES string of the molecule is C=C(c1ccc2nccnc2c1)c1cnc(NCC2CCN(C)CC2)nc1C. The first-order valence-electron chi connectivity index (χ1n) is 9.76. The molecule has 0 saturated carbocycles. The number of nitrogens with zero attached hydrogens (tertiary/aromatic N) is 5. The molecule has 1 fully saturated rings. The fourth-order valence-corrected chi connectivity index (χ4v) is 3.66. The molecule has 0 unspecified atom stereocenters. The van der Waals surface area contributed by atoms with Crippen molar-refractivity contribution in [3.8, 4) is 0 Å². The van der Waals surface area contributed by atoms with Gasteiger partial charge in [0.1, 0.15) is 0 Å². The molecule has 28 heavy (non-hydrogen) atoms. The quantitative estimate of drug-likeness (QED) is 0.737.